The van der Waals surface area contributed by atoms with Gasteiger partial charge in [-0.1, -0.05) is 12.1 Å². The zero-order valence-electron chi connectivity index (χ0n) is 12.1. The average Bonchev–Trinajstić information content (AvgIpc) is 2.97. The molecule has 1 aromatic carbocycles. The third-order valence-electron chi connectivity index (χ3n) is 3.04. The molecule has 0 aliphatic carbocycles. The van der Waals surface area contributed by atoms with Crippen molar-refractivity contribution in [3.05, 3.63) is 41.5 Å². The van der Waals surface area contributed by atoms with Crippen LogP contribution in [-0.2, 0) is 9.59 Å². The molecular formula is C14H17N5O2. The van der Waals surface area contributed by atoms with Crippen molar-refractivity contribution in [1.29, 1.82) is 0 Å². The molecule has 110 valence electrons. The van der Waals surface area contributed by atoms with Gasteiger partial charge in [0.1, 0.15) is 12.2 Å². The second-order valence-corrected chi connectivity index (χ2v) is 4.84. The summed E-state index contributed by atoms with van der Waals surface area (Å²) in [4.78, 5) is 27.7. The van der Waals surface area contributed by atoms with Gasteiger partial charge < -0.3 is 10.6 Å². The average molecular weight is 287 g/mol. The SMILES string of the molecule is Cc1ccc(C)c(NC(=O)C(=O)N[C@H](C)c2ncn[nH]2)c1. The van der Waals surface area contributed by atoms with Crippen LogP contribution in [0.3, 0.4) is 0 Å². The number of hydrogen-bond donors (Lipinski definition) is 3. The van der Waals surface area contributed by atoms with Crippen LogP contribution in [0.1, 0.15) is 29.9 Å². The number of rotatable bonds is 3. The Morgan fingerprint density at radius 2 is 2.00 bits per heavy atom. The number of aryl methyl sites for hydroxylation is 2. The van der Waals surface area contributed by atoms with E-state index in [1.165, 1.54) is 6.33 Å². The predicted molar refractivity (Wildman–Crippen MR) is 77.5 cm³/mol. The number of anilines is 1. The third-order valence-corrected chi connectivity index (χ3v) is 3.04. The van der Waals surface area contributed by atoms with Gasteiger partial charge >= 0.3 is 11.8 Å². The monoisotopic (exact) mass is 287 g/mol. The molecule has 2 aromatic rings. The number of H-pyrrole nitrogens is 1. The first-order chi connectivity index (χ1) is 9.97. The third kappa shape index (κ3) is 3.65. The van der Waals surface area contributed by atoms with Crippen molar-refractivity contribution in [2.45, 2.75) is 26.8 Å². The number of carbonyl (C=O) groups is 2. The molecule has 1 aromatic heterocycles. The summed E-state index contributed by atoms with van der Waals surface area (Å²) in [5.74, 6) is -0.947. The summed E-state index contributed by atoms with van der Waals surface area (Å²) in [6.45, 7) is 5.49. The second kappa shape index (κ2) is 6.17. The molecule has 1 heterocycles. The van der Waals surface area contributed by atoms with Crippen molar-refractivity contribution in [3.63, 3.8) is 0 Å². The van der Waals surface area contributed by atoms with Crippen molar-refractivity contribution >= 4 is 17.5 Å². The van der Waals surface area contributed by atoms with Crippen LogP contribution in [0.25, 0.3) is 0 Å². The first-order valence-corrected chi connectivity index (χ1v) is 6.51. The lowest BCUT2D eigenvalue weighted by molar-refractivity contribution is -0.136. The molecule has 0 radical (unpaired) electrons. The predicted octanol–water partition coefficient (Wildman–Crippen LogP) is 1.24. The molecule has 1 atom stereocenters. The van der Waals surface area contributed by atoms with E-state index in [4.69, 9.17) is 0 Å². The first-order valence-electron chi connectivity index (χ1n) is 6.51. The lowest BCUT2D eigenvalue weighted by Crippen LogP contribution is -2.37. The number of nitrogens with zero attached hydrogens (tertiary/aromatic N) is 2. The molecule has 21 heavy (non-hydrogen) atoms. The van der Waals surface area contributed by atoms with Gasteiger partial charge in [-0.25, -0.2) is 4.98 Å². The highest BCUT2D eigenvalue weighted by atomic mass is 16.2. The minimum atomic E-state index is -0.722. The molecule has 2 amide bonds. The zero-order valence-corrected chi connectivity index (χ0v) is 12.1. The van der Waals surface area contributed by atoms with Gasteiger partial charge in [0.25, 0.3) is 0 Å². The summed E-state index contributed by atoms with van der Waals surface area (Å²) in [6, 6.07) is 5.22. The summed E-state index contributed by atoms with van der Waals surface area (Å²) >= 11 is 0. The number of amides is 2. The minimum Gasteiger partial charge on any atom is -0.338 e. The maximum Gasteiger partial charge on any atom is 0.313 e. The fourth-order valence-corrected chi connectivity index (χ4v) is 1.80. The van der Waals surface area contributed by atoms with Crippen LogP contribution in [-0.4, -0.2) is 27.0 Å². The molecule has 0 spiro atoms. The maximum atomic E-state index is 11.9. The Bertz CT molecular complexity index is 651. The van der Waals surface area contributed by atoms with Crippen LogP contribution < -0.4 is 10.6 Å². The van der Waals surface area contributed by atoms with E-state index < -0.39 is 17.9 Å². The van der Waals surface area contributed by atoms with Crippen molar-refractivity contribution < 1.29 is 9.59 Å². The van der Waals surface area contributed by atoms with Gasteiger partial charge in [0.05, 0.1) is 6.04 Å². The minimum absolute atomic E-state index is 0.427. The Morgan fingerprint density at radius 1 is 1.24 bits per heavy atom. The molecule has 7 nitrogen and oxygen atoms in total. The number of hydrogen-bond acceptors (Lipinski definition) is 4. The number of carbonyl (C=O) groups excluding carboxylic acids is 2. The van der Waals surface area contributed by atoms with Gasteiger partial charge in [-0.05, 0) is 38.0 Å². The molecule has 2 rings (SSSR count). The van der Waals surface area contributed by atoms with E-state index in [0.29, 0.717) is 11.5 Å². The maximum absolute atomic E-state index is 11.9. The molecule has 0 saturated heterocycles. The van der Waals surface area contributed by atoms with Gasteiger partial charge in [0, 0.05) is 5.69 Å². The van der Waals surface area contributed by atoms with Gasteiger partial charge in [0.2, 0.25) is 0 Å². The highest BCUT2D eigenvalue weighted by Gasteiger charge is 2.19. The Kier molecular flexibility index (Phi) is 4.32. The highest BCUT2D eigenvalue weighted by molar-refractivity contribution is 6.39. The molecule has 3 N–H and O–H groups in total. The van der Waals surface area contributed by atoms with Gasteiger partial charge in [-0.2, -0.15) is 5.10 Å². The van der Waals surface area contributed by atoms with Crippen molar-refractivity contribution in [2.75, 3.05) is 5.32 Å². The Morgan fingerprint density at radius 3 is 2.67 bits per heavy atom. The van der Waals surface area contributed by atoms with Crippen LogP contribution in [0.15, 0.2) is 24.5 Å². The first kappa shape index (κ1) is 14.7. The Labute approximate surface area is 122 Å². The van der Waals surface area contributed by atoms with Crippen LogP contribution >= 0.6 is 0 Å². The normalized spacial score (nSPS) is 11.8. The summed E-state index contributed by atoms with van der Waals surface area (Å²) < 4.78 is 0. The Hall–Kier alpha value is -2.70. The smallest absolute Gasteiger partial charge is 0.313 e. The fraction of sp³-hybridized carbons (Fsp3) is 0.286. The molecular weight excluding hydrogens is 270 g/mol. The number of nitrogens with one attached hydrogen (secondary N) is 3. The summed E-state index contributed by atoms with van der Waals surface area (Å²) in [7, 11) is 0. The Balaban J connectivity index is 2.00. The van der Waals surface area contributed by atoms with Gasteiger partial charge in [-0.15, -0.1) is 0 Å². The molecule has 7 heteroatoms. The number of benzene rings is 1. The summed E-state index contributed by atoms with van der Waals surface area (Å²) in [5.41, 5.74) is 2.53. The lowest BCUT2D eigenvalue weighted by Gasteiger charge is -2.12. The molecule has 0 saturated carbocycles. The van der Waals surface area contributed by atoms with Crippen LogP contribution in [0.2, 0.25) is 0 Å². The quantitative estimate of drug-likeness (QED) is 0.739. The number of aromatic nitrogens is 3. The van der Waals surface area contributed by atoms with Gasteiger partial charge in [-0.3, -0.25) is 14.7 Å². The van der Waals surface area contributed by atoms with Crippen molar-refractivity contribution in [3.8, 4) is 0 Å². The molecule has 0 bridgehead atoms. The lowest BCUT2D eigenvalue weighted by atomic mass is 10.1. The second-order valence-electron chi connectivity index (χ2n) is 4.84. The van der Waals surface area contributed by atoms with Crippen molar-refractivity contribution in [1.82, 2.24) is 20.5 Å². The molecule has 0 aliphatic rings. The van der Waals surface area contributed by atoms with E-state index in [2.05, 4.69) is 25.8 Å². The van der Waals surface area contributed by atoms with Crippen molar-refractivity contribution in [2.24, 2.45) is 0 Å². The standard InChI is InChI=1S/C14H17N5O2/c1-8-4-5-9(2)11(6-8)18-14(21)13(20)17-10(3)12-15-7-16-19-12/h4-7,10H,1-3H3,(H,17,20)(H,18,21)(H,15,16,19)/t10-/m1/s1. The number of aromatic amines is 1. The van der Waals surface area contributed by atoms with E-state index in [1.54, 1.807) is 6.92 Å². The highest BCUT2D eigenvalue weighted by Crippen LogP contribution is 2.16. The van der Waals surface area contributed by atoms with E-state index in [9.17, 15) is 9.59 Å². The summed E-state index contributed by atoms with van der Waals surface area (Å²) in [5, 5.41) is 11.5. The largest absolute Gasteiger partial charge is 0.338 e. The topological polar surface area (TPSA) is 99.8 Å². The molecule has 0 aliphatic heterocycles. The summed E-state index contributed by atoms with van der Waals surface area (Å²) in [6.07, 6.45) is 1.34. The fourth-order valence-electron chi connectivity index (χ4n) is 1.80. The van der Waals surface area contributed by atoms with Crippen LogP contribution in [0, 0.1) is 13.8 Å². The van der Waals surface area contributed by atoms with Crippen LogP contribution in [0.4, 0.5) is 5.69 Å². The molecule has 0 fully saturated rings. The van der Waals surface area contributed by atoms with E-state index in [0.717, 1.165) is 11.1 Å². The zero-order chi connectivity index (χ0) is 15.4. The van der Waals surface area contributed by atoms with E-state index >= 15 is 0 Å². The van der Waals surface area contributed by atoms with Crippen LogP contribution in [0.5, 0.6) is 0 Å². The van der Waals surface area contributed by atoms with E-state index in [-0.39, 0.29) is 0 Å². The van der Waals surface area contributed by atoms with E-state index in [1.807, 2.05) is 32.0 Å². The molecule has 0 unspecified atom stereocenters. The van der Waals surface area contributed by atoms with Gasteiger partial charge in [0.15, 0.2) is 0 Å².